The predicted molar refractivity (Wildman–Crippen MR) is 251 cm³/mol. The molecule has 0 aromatic heterocycles. The Morgan fingerprint density at radius 3 is 2.11 bits per heavy atom. The number of benzene rings is 3. The van der Waals surface area contributed by atoms with Crippen LogP contribution in [-0.4, -0.2) is 94.5 Å². The Morgan fingerprint density at radius 2 is 1.41 bits per heavy atom. The van der Waals surface area contributed by atoms with Gasteiger partial charge in [-0.1, -0.05) is 119 Å². The van der Waals surface area contributed by atoms with E-state index < -0.39 is 6.04 Å². The molecule has 9 heteroatoms. The summed E-state index contributed by atoms with van der Waals surface area (Å²) in [6.07, 6.45) is 21.4. The lowest BCUT2D eigenvalue weighted by atomic mass is 9.82. The molecule has 4 aliphatic heterocycles. The van der Waals surface area contributed by atoms with Gasteiger partial charge in [0.15, 0.2) is 0 Å². The van der Waals surface area contributed by atoms with Crippen molar-refractivity contribution in [3.8, 4) is 11.5 Å². The Bertz CT molecular complexity index is 1990. The van der Waals surface area contributed by atoms with Gasteiger partial charge >= 0.3 is 0 Å². The molecule has 5 atom stereocenters. The number of likely N-dealkylation sites (tertiary alicyclic amines) is 3. The maximum Gasteiger partial charge on any atom is 0.249 e. The largest absolute Gasteiger partial charge is 0.508 e. The Labute approximate surface area is 376 Å². The molecule has 1 saturated carbocycles. The average molecular weight is 857 g/mol. The second-order valence-electron chi connectivity index (χ2n) is 19.2. The Kier molecular flexibility index (Phi) is 15.7. The average Bonchev–Trinajstić information content (AvgIpc) is 3.90. The first kappa shape index (κ1) is 45.1. The van der Waals surface area contributed by atoms with Crippen molar-refractivity contribution >= 4 is 28.9 Å². The van der Waals surface area contributed by atoms with Gasteiger partial charge in [0.1, 0.15) is 24.1 Å². The molecule has 8 rings (SSSR count). The number of nitrogens with one attached hydrogen (secondary N) is 1. The molecule has 5 fully saturated rings. The van der Waals surface area contributed by atoms with Crippen LogP contribution in [0.3, 0.4) is 0 Å². The number of ether oxygens (including phenoxy) is 1. The third kappa shape index (κ3) is 11.3. The maximum absolute atomic E-state index is 14.0. The van der Waals surface area contributed by atoms with Crippen molar-refractivity contribution in [3.63, 3.8) is 0 Å². The van der Waals surface area contributed by atoms with Crippen LogP contribution < -0.4 is 10.1 Å². The van der Waals surface area contributed by atoms with E-state index in [1.54, 1.807) is 12.1 Å². The number of aromatic hydroxyl groups is 1. The van der Waals surface area contributed by atoms with E-state index in [0.717, 1.165) is 61.7 Å². The van der Waals surface area contributed by atoms with Crippen LogP contribution in [0.15, 0.2) is 78.9 Å². The molecule has 5 unspecified atom stereocenters. The third-order valence-corrected chi connectivity index (χ3v) is 15.2. The molecule has 1 aliphatic carbocycles. The Balaban J connectivity index is 0.825. The van der Waals surface area contributed by atoms with Crippen molar-refractivity contribution in [2.75, 3.05) is 32.8 Å². The van der Waals surface area contributed by atoms with Crippen LogP contribution in [0.2, 0.25) is 0 Å². The monoisotopic (exact) mass is 857 g/mol. The van der Waals surface area contributed by atoms with Gasteiger partial charge in [-0.25, -0.2) is 0 Å². The van der Waals surface area contributed by atoms with E-state index in [1.165, 1.54) is 107 Å². The number of fused-ring (bicyclic) bond motifs is 1. The highest BCUT2D eigenvalue weighted by Crippen LogP contribution is 2.42. The van der Waals surface area contributed by atoms with Crippen molar-refractivity contribution in [3.05, 3.63) is 95.6 Å². The van der Waals surface area contributed by atoms with E-state index in [9.17, 15) is 19.5 Å². The van der Waals surface area contributed by atoms with Crippen LogP contribution >= 0.6 is 0 Å². The summed E-state index contributed by atoms with van der Waals surface area (Å²) in [5.41, 5.74) is 5.86. The molecule has 5 aliphatic rings. The molecule has 2 N–H and O–H groups in total. The summed E-state index contributed by atoms with van der Waals surface area (Å²) < 4.78 is 6.32. The lowest BCUT2D eigenvalue weighted by Gasteiger charge is -2.48. The van der Waals surface area contributed by atoms with E-state index in [2.05, 4.69) is 76.6 Å². The number of hydrogen-bond acceptors (Lipinski definition) is 7. The zero-order valence-electron chi connectivity index (χ0n) is 37.9. The minimum absolute atomic E-state index is 0.0320. The molecule has 9 nitrogen and oxygen atoms in total. The summed E-state index contributed by atoms with van der Waals surface area (Å²) in [7, 11) is 0. The van der Waals surface area contributed by atoms with E-state index >= 15 is 0 Å². The first-order valence-electron chi connectivity index (χ1n) is 24.8. The number of carbonyl (C=O) groups is 3. The zero-order valence-corrected chi connectivity index (χ0v) is 37.9. The Morgan fingerprint density at radius 1 is 0.730 bits per heavy atom. The number of nitrogens with zero attached hydrogens (tertiary/aromatic N) is 3. The van der Waals surface area contributed by atoms with Gasteiger partial charge in [-0.05, 0) is 122 Å². The molecule has 63 heavy (non-hydrogen) atoms. The molecule has 3 amide bonds. The van der Waals surface area contributed by atoms with Gasteiger partial charge < -0.3 is 14.7 Å². The van der Waals surface area contributed by atoms with Crippen LogP contribution in [0.5, 0.6) is 11.5 Å². The molecule has 338 valence electrons. The van der Waals surface area contributed by atoms with Gasteiger partial charge in [0.2, 0.25) is 17.7 Å². The van der Waals surface area contributed by atoms with Crippen molar-refractivity contribution < 1.29 is 24.2 Å². The lowest BCUT2D eigenvalue weighted by Crippen LogP contribution is -2.56. The van der Waals surface area contributed by atoms with Crippen LogP contribution in [0, 0.1) is 11.8 Å². The SMILES string of the molecule is CC/C(=C(\c1ccc(O)cc1)c1ccc(OCCN2CCC(CCCCC3CCC4C(=O)N(C5CCC(=O)NC5=O)CC4N3C3CCCCCCCCC3)C2)cc1)c1ccccc1. The fourth-order valence-corrected chi connectivity index (χ4v) is 11.9. The van der Waals surface area contributed by atoms with Crippen molar-refractivity contribution in [1.82, 2.24) is 20.0 Å². The number of piperidine rings is 2. The number of carbonyl (C=O) groups excluding carboxylic acids is 3. The highest BCUT2D eigenvalue weighted by molar-refractivity contribution is 6.02. The van der Waals surface area contributed by atoms with Gasteiger partial charge in [0.05, 0.1) is 5.92 Å². The van der Waals surface area contributed by atoms with Crippen LogP contribution in [-0.2, 0) is 14.4 Å². The molecule has 4 heterocycles. The van der Waals surface area contributed by atoms with E-state index in [-0.39, 0.29) is 35.4 Å². The van der Waals surface area contributed by atoms with Gasteiger partial charge in [-0.3, -0.25) is 29.5 Å². The first-order valence-corrected chi connectivity index (χ1v) is 24.8. The van der Waals surface area contributed by atoms with Crippen molar-refractivity contribution in [2.24, 2.45) is 11.8 Å². The fraction of sp³-hybridized carbons (Fsp3) is 0.574. The van der Waals surface area contributed by atoms with Crippen molar-refractivity contribution in [1.29, 1.82) is 0 Å². The highest BCUT2D eigenvalue weighted by atomic mass is 16.5. The number of phenolic OH excluding ortho intramolecular Hbond substituents is 1. The smallest absolute Gasteiger partial charge is 0.249 e. The predicted octanol–water partition coefficient (Wildman–Crippen LogP) is 10.0. The molecule has 0 bridgehead atoms. The lowest BCUT2D eigenvalue weighted by molar-refractivity contribution is -0.145. The second kappa shape index (κ2) is 21.9. The maximum atomic E-state index is 14.0. The van der Waals surface area contributed by atoms with E-state index in [4.69, 9.17) is 4.74 Å². The van der Waals surface area contributed by atoms with Crippen LogP contribution in [0.1, 0.15) is 146 Å². The minimum atomic E-state index is -0.511. The summed E-state index contributed by atoms with van der Waals surface area (Å²) in [5.74, 6) is 1.48. The number of unbranched alkanes of at least 4 members (excludes halogenated alkanes) is 1. The quantitative estimate of drug-likeness (QED) is 0.0892. The molecular weight excluding hydrogens is 785 g/mol. The normalized spacial score (nSPS) is 26.0. The molecule has 4 saturated heterocycles. The second-order valence-corrected chi connectivity index (χ2v) is 19.2. The topological polar surface area (TPSA) is 102 Å². The molecule has 0 spiro atoms. The summed E-state index contributed by atoms with van der Waals surface area (Å²) in [5, 5.41) is 12.5. The number of amides is 3. The Hall–Kier alpha value is -4.47. The highest BCUT2D eigenvalue weighted by Gasteiger charge is 2.52. The van der Waals surface area contributed by atoms with Gasteiger partial charge in [0, 0.05) is 44.2 Å². The van der Waals surface area contributed by atoms with E-state index in [1.807, 2.05) is 17.0 Å². The minimum Gasteiger partial charge on any atom is -0.508 e. The molecular formula is C54H72N4O5. The standard InChI is InChI=1S/C54H72N4O5/c1-2-47(40-16-9-8-10-17-40)52(41-21-26-45(59)27-22-41)42-23-28-46(29-24-42)63-36-35-56-34-33-39(37-56)15-13-14-20-44-25-30-48-50(58(44)43-18-11-6-4-3-5-7-12-19-43)38-57(54(48)62)49-31-32-51(60)55-53(49)61/h8-10,16-17,21-24,26-29,39,43-44,48-50,59H,2-7,11-15,18-20,25,30-38H2,1H3,(H,55,60,61)/b52-47-. The number of hydrogen-bond donors (Lipinski definition) is 2. The summed E-state index contributed by atoms with van der Waals surface area (Å²) in [6.45, 7) is 6.70. The van der Waals surface area contributed by atoms with Crippen LogP contribution in [0.4, 0.5) is 0 Å². The summed E-state index contributed by atoms with van der Waals surface area (Å²) in [4.78, 5) is 46.1. The first-order chi connectivity index (χ1) is 30.9. The van der Waals surface area contributed by atoms with E-state index in [0.29, 0.717) is 38.1 Å². The van der Waals surface area contributed by atoms with Gasteiger partial charge in [-0.15, -0.1) is 0 Å². The number of rotatable bonds is 15. The fourth-order valence-electron chi connectivity index (χ4n) is 11.9. The third-order valence-electron chi connectivity index (χ3n) is 15.2. The molecule has 3 aromatic rings. The molecule has 0 radical (unpaired) electrons. The van der Waals surface area contributed by atoms with Gasteiger partial charge in [0.25, 0.3) is 0 Å². The van der Waals surface area contributed by atoms with Crippen molar-refractivity contribution in [2.45, 2.75) is 153 Å². The number of allylic oxidation sites excluding steroid dienone is 1. The summed E-state index contributed by atoms with van der Waals surface area (Å²) in [6, 6.07) is 27.2. The molecule has 3 aromatic carbocycles. The zero-order chi connectivity index (χ0) is 43.5. The summed E-state index contributed by atoms with van der Waals surface area (Å²) >= 11 is 0. The number of phenols is 1. The van der Waals surface area contributed by atoms with Crippen LogP contribution in [0.25, 0.3) is 11.1 Å². The number of imide groups is 1. The van der Waals surface area contributed by atoms with Gasteiger partial charge in [-0.2, -0.15) is 0 Å².